The number of sulfonamides is 1. The molecule has 0 spiro atoms. The normalized spacial score (nSPS) is 19.8. The van der Waals surface area contributed by atoms with E-state index in [0.717, 1.165) is 5.56 Å². The summed E-state index contributed by atoms with van der Waals surface area (Å²) < 4.78 is 41.7. The van der Waals surface area contributed by atoms with Crippen LogP contribution in [0.5, 0.6) is 0 Å². The van der Waals surface area contributed by atoms with Crippen molar-refractivity contribution in [1.29, 1.82) is 0 Å². The van der Waals surface area contributed by atoms with E-state index in [4.69, 9.17) is 11.6 Å². The lowest BCUT2D eigenvalue weighted by atomic mass is 9.85. The molecule has 0 saturated heterocycles. The predicted octanol–water partition coefficient (Wildman–Crippen LogP) is 4.74. The van der Waals surface area contributed by atoms with E-state index in [1.807, 2.05) is 6.92 Å². The molecule has 1 saturated carbocycles. The van der Waals surface area contributed by atoms with Crippen LogP contribution in [-0.4, -0.2) is 25.4 Å². The number of carbonyl (C=O) groups excluding carboxylic acids is 1. The molecule has 2 aromatic carbocycles. The fraction of sp³-hybridized carbons (Fsp3) is 0.333. The number of nitrogens with zero attached hydrogens (tertiary/aromatic N) is 1. The van der Waals surface area contributed by atoms with Gasteiger partial charge in [0.05, 0.1) is 16.5 Å². The highest BCUT2D eigenvalue weighted by Crippen LogP contribution is 2.27. The number of aromatic nitrogens is 1. The number of hydrogen-bond donors (Lipinski definition) is 2. The van der Waals surface area contributed by atoms with E-state index in [2.05, 4.69) is 15.0 Å². The van der Waals surface area contributed by atoms with Crippen LogP contribution in [0.1, 0.15) is 44.2 Å². The van der Waals surface area contributed by atoms with E-state index in [1.54, 1.807) is 36.4 Å². The van der Waals surface area contributed by atoms with Crippen molar-refractivity contribution in [2.45, 2.75) is 49.6 Å². The average Bonchev–Trinajstić information content (AvgIpc) is 2.79. The number of pyridine rings is 1. The smallest absolute Gasteiger partial charge is 0.240 e. The molecule has 1 aromatic heterocycles. The summed E-state index contributed by atoms with van der Waals surface area (Å²) in [6.07, 6.45) is 2.34. The second-order valence-electron chi connectivity index (χ2n) is 8.44. The third-order valence-corrected chi connectivity index (χ3v) is 7.81. The first-order valence-electron chi connectivity index (χ1n) is 10.9. The number of halogens is 2. The SMILES string of the molecule is C[C@@H](NC(=O)[C@H]1CC[C@H](NS(=O)(=O)c2ccc3nc(Cl)ccc3c2)CC1)c1ccc(F)cc1. The summed E-state index contributed by atoms with van der Waals surface area (Å²) in [5, 5.41) is 4.02. The molecular weight excluding hydrogens is 465 g/mol. The monoisotopic (exact) mass is 489 g/mol. The summed E-state index contributed by atoms with van der Waals surface area (Å²) in [5.41, 5.74) is 1.46. The van der Waals surface area contributed by atoms with Crippen LogP contribution in [0.4, 0.5) is 4.39 Å². The molecule has 1 fully saturated rings. The Morgan fingerprint density at radius 3 is 2.45 bits per heavy atom. The Bertz CT molecular complexity index is 1260. The van der Waals surface area contributed by atoms with Gasteiger partial charge in [-0.1, -0.05) is 23.7 Å². The highest BCUT2D eigenvalue weighted by Gasteiger charge is 2.30. The third-order valence-electron chi connectivity index (χ3n) is 6.09. The number of rotatable bonds is 6. The fourth-order valence-electron chi connectivity index (χ4n) is 4.17. The fourth-order valence-corrected chi connectivity index (χ4v) is 5.67. The van der Waals surface area contributed by atoms with Crippen LogP contribution in [0.2, 0.25) is 5.15 Å². The van der Waals surface area contributed by atoms with Crippen molar-refractivity contribution >= 4 is 38.4 Å². The summed E-state index contributed by atoms with van der Waals surface area (Å²) in [4.78, 5) is 17.0. The van der Waals surface area contributed by atoms with E-state index in [0.29, 0.717) is 41.7 Å². The first-order chi connectivity index (χ1) is 15.7. The summed E-state index contributed by atoms with van der Waals surface area (Å²) in [5.74, 6) is -0.554. The molecule has 1 aliphatic rings. The van der Waals surface area contributed by atoms with Crippen molar-refractivity contribution in [3.05, 3.63) is 71.1 Å². The Balaban J connectivity index is 1.33. The molecule has 4 rings (SSSR count). The van der Waals surface area contributed by atoms with E-state index in [1.165, 1.54) is 18.2 Å². The van der Waals surface area contributed by atoms with Crippen LogP contribution < -0.4 is 10.0 Å². The standard InChI is InChI=1S/C24H25ClFN3O3S/c1-15(16-2-7-19(26)8-3-16)27-24(30)17-4-9-20(10-5-17)29-33(31,32)21-11-12-22-18(14-21)6-13-23(25)28-22/h2-3,6-8,11-15,17,20,29H,4-5,9-10H2,1H3,(H,27,30)/t15-,17-,20-/m1/s1. The number of amides is 1. The maximum absolute atomic E-state index is 13.1. The zero-order valence-corrected chi connectivity index (χ0v) is 19.7. The van der Waals surface area contributed by atoms with Crippen molar-refractivity contribution < 1.29 is 17.6 Å². The Morgan fingerprint density at radius 2 is 1.76 bits per heavy atom. The van der Waals surface area contributed by atoms with Crippen LogP contribution in [0.15, 0.2) is 59.5 Å². The summed E-state index contributed by atoms with van der Waals surface area (Å²) >= 11 is 5.89. The molecule has 174 valence electrons. The van der Waals surface area contributed by atoms with Gasteiger partial charge in [-0.3, -0.25) is 4.79 Å². The molecule has 0 unspecified atom stereocenters. The Labute approximate surface area is 197 Å². The molecule has 1 heterocycles. The van der Waals surface area contributed by atoms with Crippen molar-refractivity contribution in [1.82, 2.24) is 15.0 Å². The van der Waals surface area contributed by atoms with Gasteiger partial charge in [0.2, 0.25) is 15.9 Å². The molecular formula is C24H25ClFN3O3S. The van der Waals surface area contributed by atoms with Crippen LogP contribution >= 0.6 is 11.6 Å². The minimum absolute atomic E-state index is 0.0613. The van der Waals surface area contributed by atoms with Crippen LogP contribution in [0, 0.1) is 11.7 Å². The Morgan fingerprint density at radius 1 is 1.06 bits per heavy atom. The van der Waals surface area contributed by atoms with Crippen molar-refractivity contribution in [3.8, 4) is 0 Å². The average molecular weight is 490 g/mol. The molecule has 1 aliphatic carbocycles. The third kappa shape index (κ3) is 5.69. The van der Waals surface area contributed by atoms with Gasteiger partial charge in [0.1, 0.15) is 11.0 Å². The van der Waals surface area contributed by atoms with E-state index in [9.17, 15) is 17.6 Å². The maximum atomic E-state index is 13.1. The van der Waals surface area contributed by atoms with Crippen molar-refractivity contribution in [2.24, 2.45) is 5.92 Å². The second-order valence-corrected chi connectivity index (χ2v) is 10.5. The molecule has 2 N–H and O–H groups in total. The number of carbonyl (C=O) groups is 1. The second kappa shape index (κ2) is 9.75. The highest BCUT2D eigenvalue weighted by atomic mass is 35.5. The zero-order chi connectivity index (χ0) is 23.6. The Kier molecular flexibility index (Phi) is 6.97. The summed E-state index contributed by atoms with van der Waals surface area (Å²) in [6, 6.07) is 13.7. The van der Waals surface area contributed by atoms with E-state index >= 15 is 0 Å². The van der Waals surface area contributed by atoms with Crippen molar-refractivity contribution in [3.63, 3.8) is 0 Å². The largest absolute Gasteiger partial charge is 0.349 e. The number of benzene rings is 2. The lowest BCUT2D eigenvalue weighted by molar-refractivity contribution is -0.126. The van der Waals surface area contributed by atoms with Gasteiger partial charge in [-0.15, -0.1) is 0 Å². The van der Waals surface area contributed by atoms with Gasteiger partial charge in [0, 0.05) is 17.3 Å². The lowest BCUT2D eigenvalue weighted by Crippen LogP contribution is -2.41. The first kappa shape index (κ1) is 23.6. The lowest BCUT2D eigenvalue weighted by Gasteiger charge is -2.29. The van der Waals surface area contributed by atoms with Gasteiger partial charge in [0.25, 0.3) is 0 Å². The molecule has 6 nitrogen and oxygen atoms in total. The summed E-state index contributed by atoms with van der Waals surface area (Å²) in [6.45, 7) is 1.86. The van der Waals surface area contributed by atoms with Gasteiger partial charge in [-0.2, -0.15) is 0 Å². The number of fused-ring (bicyclic) bond motifs is 1. The van der Waals surface area contributed by atoms with Gasteiger partial charge in [-0.05, 0) is 80.6 Å². The van der Waals surface area contributed by atoms with Crippen LogP contribution in [0.25, 0.3) is 10.9 Å². The molecule has 1 atom stereocenters. The molecule has 1 amide bonds. The van der Waals surface area contributed by atoms with Gasteiger partial charge in [0.15, 0.2) is 0 Å². The molecule has 0 bridgehead atoms. The van der Waals surface area contributed by atoms with Gasteiger partial charge in [-0.25, -0.2) is 22.5 Å². The van der Waals surface area contributed by atoms with Gasteiger partial charge >= 0.3 is 0 Å². The first-order valence-corrected chi connectivity index (χ1v) is 12.7. The van der Waals surface area contributed by atoms with Crippen LogP contribution in [0.3, 0.4) is 0 Å². The number of nitrogens with one attached hydrogen (secondary N) is 2. The highest BCUT2D eigenvalue weighted by molar-refractivity contribution is 7.89. The minimum atomic E-state index is -3.70. The number of hydrogen-bond acceptors (Lipinski definition) is 4. The van der Waals surface area contributed by atoms with E-state index in [-0.39, 0.29) is 34.6 Å². The Hall–Kier alpha value is -2.55. The maximum Gasteiger partial charge on any atom is 0.240 e. The minimum Gasteiger partial charge on any atom is -0.349 e. The summed E-state index contributed by atoms with van der Waals surface area (Å²) in [7, 11) is -3.70. The zero-order valence-electron chi connectivity index (χ0n) is 18.1. The molecule has 0 aliphatic heterocycles. The molecule has 0 radical (unpaired) electrons. The topological polar surface area (TPSA) is 88.2 Å². The van der Waals surface area contributed by atoms with Gasteiger partial charge < -0.3 is 5.32 Å². The predicted molar refractivity (Wildman–Crippen MR) is 126 cm³/mol. The quantitative estimate of drug-likeness (QED) is 0.489. The molecule has 3 aromatic rings. The van der Waals surface area contributed by atoms with Crippen molar-refractivity contribution in [2.75, 3.05) is 0 Å². The molecule has 33 heavy (non-hydrogen) atoms. The van der Waals surface area contributed by atoms with Crippen LogP contribution in [-0.2, 0) is 14.8 Å². The van der Waals surface area contributed by atoms with E-state index < -0.39 is 10.0 Å². The molecule has 9 heteroatoms.